The van der Waals surface area contributed by atoms with Crippen molar-refractivity contribution in [1.29, 1.82) is 0 Å². The van der Waals surface area contributed by atoms with E-state index in [0.717, 1.165) is 6.42 Å². The zero-order valence-electron chi connectivity index (χ0n) is 27.7. The molecule has 3 heteroatoms. The van der Waals surface area contributed by atoms with E-state index in [1.165, 1.54) is 94.3 Å². The Bertz CT molecular complexity index is 944. The second-order valence-electron chi connectivity index (χ2n) is 14.1. The Labute approximate surface area is 260 Å². The average Bonchev–Trinajstić information content (AvgIpc) is 2.99. The zero-order valence-corrected chi connectivity index (χ0v) is 31.5. The van der Waals surface area contributed by atoms with Gasteiger partial charge in [0.2, 0.25) is 0 Å². The molecule has 0 saturated heterocycles. The molecule has 228 valence electrons. The molecule has 1 saturated carbocycles. The monoisotopic (exact) mass is 682 g/mol. The van der Waals surface area contributed by atoms with Gasteiger partial charge in [0, 0.05) is 0 Å². The first-order chi connectivity index (χ1) is 19.7. The predicted octanol–water partition coefficient (Wildman–Crippen LogP) is 10.8. The van der Waals surface area contributed by atoms with Gasteiger partial charge in [-0.15, -0.1) is 0 Å². The second kappa shape index (κ2) is 16.9. The fraction of sp³-hybridized carbons (Fsp3) is 0.632. The molecule has 0 heterocycles. The van der Waals surface area contributed by atoms with Crippen molar-refractivity contribution in [1.82, 2.24) is 0 Å². The molecule has 2 aromatic rings. The van der Waals surface area contributed by atoms with Crippen LogP contribution in [0, 0.1) is 5.92 Å². The third-order valence-corrected chi connectivity index (χ3v) is 31.3. The van der Waals surface area contributed by atoms with Crippen molar-refractivity contribution in [3.8, 4) is 0 Å². The van der Waals surface area contributed by atoms with Crippen LogP contribution >= 0.6 is 0 Å². The van der Waals surface area contributed by atoms with Crippen LogP contribution in [0.15, 0.2) is 70.8 Å². The van der Waals surface area contributed by atoms with Crippen LogP contribution in [-0.2, 0) is 4.43 Å². The predicted molar refractivity (Wildman–Crippen MR) is 188 cm³/mol. The molecular formula is C38H62OSiSn. The van der Waals surface area contributed by atoms with E-state index in [0.29, 0.717) is 5.92 Å². The SMILES string of the molecule is C=[C](CC(O[Si](c1ccccc1)(c1ccccc1)C(C)(C)C)C1CCCCC1)[Sn]([CH2]CCC)([CH2]CCC)[CH2]CCC. The summed E-state index contributed by atoms with van der Waals surface area (Å²) in [6.07, 6.45) is 16.2. The molecule has 1 aliphatic carbocycles. The molecule has 1 aliphatic rings. The van der Waals surface area contributed by atoms with Crippen molar-refractivity contribution in [2.45, 2.75) is 143 Å². The summed E-state index contributed by atoms with van der Waals surface area (Å²) in [6.45, 7) is 19.6. The Kier molecular flexibility index (Phi) is 14.2. The van der Waals surface area contributed by atoms with Crippen LogP contribution in [0.1, 0.15) is 119 Å². The van der Waals surface area contributed by atoms with Crippen LogP contribution in [0.3, 0.4) is 0 Å². The summed E-state index contributed by atoms with van der Waals surface area (Å²) >= 11 is -2.59. The van der Waals surface area contributed by atoms with Crippen LogP contribution in [0.2, 0.25) is 18.3 Å². The minimum atomic E-state index is -2.62. The van der Waals surface area contributed by atoms with Gasteiger partial charge < -0.3 is 0 Å². The fourth-order valence-corrected chi connectivity index (χ4v) is 28.2. The number of rotatable bonds is 17. The maximum absolute atomic E-state index is 8.01. The summed E-state index contributed by atoms with van der Waals surface area (Å²) < 4.78 is 14.2. The van der Waals surface area contributed by atoms with Gasteiger partial charge in [0.05, 0.1) is 0 Å². The molecule has 2 aromatic carbocycles. The van der Waals surface area contributed by atoms with Crippen molar-refractivity contribution in [2.24, 2.45) is 5.92 Å². The van der Waals surface area contributed by atoms with Gasteiger partial charge in [-0.25, -0.2) is 0 Å². The van der Waals surface area contributed by atoms with E-state index in [-0.39, 0.29) is 11.1 Å². The van der Waals surface area contributed by atoms with Crippen molar-refractivity contribution in [2.75, 3.05) is 0 Å². The third-order valence-electron chi connectivity index (χ3n) is 10.1. The van der Waals surface area contributed by atoms with Crippen LogP contribution in [0.4, 0.5) is 0 Å². The first-order valence-electron chi connectivity index (χ1n) is 17.2. The van der Waals surface area contributed by atoms with Gasteiger partial charge in [-0.1, -0.05) is 0 Å². The van der Waals surface area contributed by atoms with Gasteiger partial charge in [-0.05, 0) is 0 Å². The van der Waals surface area contributed by atoms with Crippen LogP contribution in [0.5, 0.6) is 0 Å². The van der Waals surface area contributed by atoms with E-state index < -0.39 is 26.7 Å². The molecule has 3 rings (SSSR count). The Morgan fingerprint density at radius 2 is 1.22 bits per heavy atom. The van der Waals surface area contributed by atoms with Crippen molar-refractivity contribution in [3.63, 3.8) is 0 Å². The minimum absolute atomic E-state index is 0.0109. The Hall–Kier alpha value is -0.844. The summed E-state index contributed by atoms with van der Waals surface area (Å²) in [6, 6.07) is 22.7. The Morgan fingerprint density at radius 1 is 0.780 bits per heavy atom. The number of hydrogen-bond acceptors (Lipinski definition) is 1. The van der Waals surface area contributed by atoms with Crippen LogP contribution in [0.25, 0.3) is 0 Å². The first kappa shape index (κ1) is 34.6. The third kappa shape index (κ3) is 8.85. The average molecular weight is 682 g/mol. The van der Waals surface area contributed by atoms with E-state index in [2.05, 4.69) is 102 Å². The van der Waals surface area contributed by atoms with Gasteiger partial charge in [0.25, 0.3) is 0 Å². The molecule has 0 N–H and O–H groups in total. The molecule has 0 aliphatic heterocycles. The number of unbranched alkanes of at least 4 members (excludes halogenated alkanes) is 3. The van der Waals surface area contributed by atoms with Gasteiger partial charge in [-0.2, -0.15) is 0 Å². The molecule has 0 radical (unpaired) electrons. The van der Waals surface area contributed by atoms with Crippen LogP contribution < -0.4 is 10.4 Å². The fourth-order valence-electron chi connectivity index (χ4n) is 7.64. The maximum atomic E-state index is 8.01. The molecule has 0 aromatic heterocycles. The van der Waals surface area contributed by atoms with Gasteiger partial charge in [-0.3, -0.25) is 0 Å². The quantitative estimate of drug-likeness (QED) is 0.151. The Balaban J connectivity index is 2.12. The molecule has 1 nitrogen and oxygen atoms in total. The summed E-state index contributed by atoms with van der Waals surface area (Å²) in [5.41, 5.74) is 0. The summed E-state index contributed by atoms with van der Waals surface area (Å²) in [4.78, 5) is 0. The summed E-state index contributed by atoms with van der Waals surface area (Å²) in [5, 5.41) is 2.85. The summed E-state index contributed by atoms with van der Waals surface area (Å²) in [7, 11) is -2.62. The molecule has 1 fully saturated rings. The number of hydrogen-bond donors (Lipinski definition) is 0. The normalized spacial score (nSPS) is 16.0. The van der Waals surface area contributed by atoms with Crippen molar-refractivity contribution < 1.29 is 4.43 Å². The van der Waals surface area contributed by atoms with Gasteiger partial charge in [0.15, 0.2) is 0 Å². The Morgan fingerprint density at radius 3 is 1.61 bits per heavy atom. The molecular weight excluding hydrogens is 619 g/mol. The molecule has 1 atom stereocenters. The van der Waals surface area contributed by atoms with E-state index in [9.17, 15) is 0 Å². The van der Waals surface area contributed by atoms with Crippen LogP contribution in [-0.4, -0.2) is 32.8 Å². The molecule has 0 bridgehead atoms. The number of benzene rings is 2. The van der Waals surface area contributed by atoms with Crippen molar-refractivity contribution in [3.05, 3.63) is 70.8 Å². The topological polar surface area (TPSA) is 9.23 Å². The van der Waals surface area contributed by atoms with E-state index in [4.69, 9.17) is 11.0 Å². The standard InChI is InChI=1S/C26H35OSi.3C4H9.Sn/c1-5-15-25(22-16-9-6-10-17-22)27-28(26(2,3)4,23-18-11-7-12-19-23)24-20-13-8-14-21-24;3*1-3-4-2;/h7-8,11-14,18-22,25H,1,6,9-10,15-17H2,2-4H3;3*1,3-4H2,2H3;. The van der Waals surface area contributed by atoms with Gasteiger partial charge >= 0.3 is 261 Å². The van der Waals surface area contributed by atoms with E-state index >= 15 is 0 Å². The zero-order chi connectivity index (χ0) is 29.8. The first-order valence-corrected chi connectivity index (χ1v) is 26.6. The van der Waals surface area contributed by atoms with Gasteiger partial charge in [0.1, 0.15) is 0 Å². The second-order valence-corrected chi connectivity index (χ2v) is 32.0. The van der Waals surface area contributed by atoms with Crippen molar-refractivity contribution >= 4 is 37.1 Å². The molecule has 1 unspecified atom stereocenters. The van der Waals surface area contributed by atoms with E-state index in [1.54, 1.807) is 3.59 Å². The summed E-state index contributed by atoms with van der Waals surface area (Å²) in [5.74, 6) is 0.648. The molecule has 0 spiro atoms. The molecule has 0 amide bonds. The van der Waals surface area contributed by atoms with E-state index in [1.807, 2.05) is 0 Å². The molecule has 41 heavy (non-hydrogen) atoms.